The molecule has 0 saturated carbocycles. The van der Waals surface area contributed by atoms with Gasteiger partial charge in [-0.15, -0.1) is 0 Å². The van der Waals surface area contributed by atoms with Gasteiger partial charge in [0.15, 0.2) is 22.3 Å². The SMILES string of the molecule is CC(C)C(=O)Nc1nc2c(ncn2[C@H]2CC(OC(=O)NCC(=O)OCc3ccccc3)[C@@H](CO)O2)c(=O)[nH]1.CC(C)C(=O)Nc1nc2c(ncn2[C@H]2CC(OC(=O)NCC(=O)OCc3ccccc3)[C@@H](COC(=O)n3ccnc3)O2)c(=O)[nH]1.[2H]CI. The molecule has 0 aliphatic carbocycles. The average molecular weight is 1290 g/mol. The molecule has 4 amide bonds. The number of carbonyl (C=O) groups is 7. The topological polar surface area (TPSA) is 397 Å². The smallest absolute Gasteiger partial charge is 0.419 e. The van der Waals surface area contributed by atoms with Gasteiger partial charge in [0, 0.05) is 38.4 Å². The molecule has 0 bridgehead atoms. The van der Waals surface area contributed by atoms with Crippen molar-refractivity contribution in [1.82, 2.24) is 59.2 Å². The van der Waals surface area contributed by atoms with Gasteiger partial charge >= 0.3 is 30.2 Å². The van der Waals surface area contributed by atoms with E-state index in [0.29, 0.717) is 4.91 Å². The van der Waals surface area contributed by atoms with Crippen LogP contribution in [0.3, 0.4) is 0 Å². The van der Waals surface area contributed by atoms with Crippen LogP contribution in [-0.2, 0) is 65.5 Å². The largest absolute Gasteiger partial charge is 0.460 e. The van der Waals surface area contributed by atoms with Crippen molar-refractivity contribution in [2.24, 2.45) is 11.8 Å². The highest BCUT2D eigenvalue weighted by Crippen LogP contribution is 2.34. The highest BCUT2D eigenvalue weighted by Gasteiger charge is 2.42. The Kier molecular flexibility index (Phi) is 22.2. The van der Waals surface area contributed by atoms with Crippen molar-refractivity contribution in [1.29, 1.82) is 0 Å². The van der Waals surface area contributed by atoms with E-state index in [1.54, 1.807) is 52.0 Å². The normalized spacial score (nSPS) is 18.0. The number of esters is 2. The first kappa shape index (κ1) is 61.9. The Hall–Kier alpha value is -9.15. The van der Waals surface area contributed by atoms with E-state index >= 15 is 0 Å². The van der Waals surface area contributed by atoms with E-state index in [9.17, 15) is 48.3 Å². The van der Waals surface area contributed by atoms with Gasteiger partial charge in [-0.05, 0) is 16.0 Å². The molecule has 2 unspecified atom stereocenters. The summed E-state index contributed by atoms with van der Waals surface area (Å²) in [6.45, 7) is 5.24. The van der Waals surface area contributed by atoms with E-state index in [1.165, 1.54) is 40.5 Å². The second kappa shape index (κ2) is 30.4. The van der Waals surface area contributed by atoms with Crippen LogP contribution < -0.4 is 32.4 Å². The number of carbonyl (C=O) groups excluding carboxylic acids is 7. The first-order valence-corrected chi connectivity index (χ1v) is 27.6. The Morgan fingerprint density at radius 1 is 0.694 bits per heavy atom. The zero-order valence-corrected chi connectivity index (χ0v) is 48.2. The number of aliphatic hydroxyl groups is 1. The molecule has 7 N–H and O–H groups in total. The van der Waals surface area contributed by atoms with Crippen molar-refractivity contribution in [3.8, 4) is 0 Å². The predicted octanol–water partition coefficient (Wildman–Crippen LogP) is 3.60. The number of aliphatic hydroxyl groups excluding tert-OH is 1. The van der Waals surface area contributed by atoms with Crippen molar-refractivity contribution in [3.63, 3.8) is 0 Å². The number of alkyl carbamates (subject to hydrolysis) is 2. The quantitative estimate of drug-likeness (QED) is 0.0263. The van der Waals surface area contributed by atoms with Gasteiger partial charge in [0.05, 0.1) is 19.3 Å². The molecule has 31 nitrogen and oxygen atoms in total. The maximum absolute atomic E-state index is 12.7. The van der Waals surface area contributed by atoms with Gasteiger partial charge in [0.2, 0.25) is 23.7 Å². The molecule has 2 aromatic carbocycles. The Bertz CT molecular complexity index is 3570. The molecule has 5 aromatic heterocycles. The molecule has 0 spiro atoms. The first-order chi connectivity index (χ1) is 41.3. The van der Waals surface area contributed by atoms with E-state index in [-0.39, 0.29) is 90.5 Å². The van der Waals surface area contributed by atoms with Crippen LogP contribution in [0, 0.1) is 11.8 Å². The Morgan fingerprint density at radius 2 is 1.14 bits per heavy atom. The number of rotatable bonds is 19. The van der Waals surface area contributed by atoms with Gasteiger partial charge in [-0.2, -0.15) is 9.97 Å². The molecular weight excluding hydrogens is 1230 g/mol. The summed E-state index contributed by atoms with van der Waals surface area (Å²) < 4.78 is 48.7. The standard InChI is InChI=1S/C28H30N8O9.C24H28N6O8.CH3I/c1-16(2)24(38)33-26-32-23-22(25(39)34-26)31-15-36(23)20-10-18(19(44-20)13-43-28(41)35-9-8-29-14-35)45-27(40)30-11-21(37)42-12-17-6-4-3-5-7-17;1-13(2)21(33)28-23-27-20-19(22(34)29-23)26-12-30(20)17-8-15(16(10-31)37-17)38-24(35)25-9-18(32)36-11-14-6-4-3-5-7-14;1-2/h3-9,14-16,18-20H,10-13H2,1-2H3,(H,30,40)(H2,32,33,34,38,39);3-7,12-13,15-17,31H,8-11H2,1-2H3,(H,25,35)(H2,27,28,29,33,34);1H3/t18?,19-,20-;15?,16-,17-;/m11./s1/i;;1D. The maximum Gasteiger partial charge on any atom is 0.419 e. The second-order valence-corrected chi connectivity index (χ2v) is 19.1. The van der Waals surface area contributed by atoms with Crippen molar-refractivity contribution < 1.29 is 73.2 Å². The third kappa shape index (κ3) is 17.5. The second-order valence-electron chi connectivity index (χ2n) is 19.1. The van der Waals surface area contributed by atoms with Crippen LogP contribution in [0.15, 0.2) is 102 Å². The number of aromatic amines is 2. The third-order valence-corrected chi connectivity index (χ3v) is 12.4. The lowest BCUT2D eigenvalue weighted by atomic mass is 10.2. The molecule has 7 heterocycles. The van der Waals surface area contributed by atoms with Crippen molar-refractivity contribution >= 4 is 98.8 Å². The minimum absolute atomic E-state index is 0.0136. The van der Waals surface area contributed by atoms with Gasteiger partial charge in [-0.1, -0.05) is 111 Å². The Labute approximate surface area is 497 Å². The van der Waals surface area contributed by atoms with Crippen LogP contribution in [0.25, 0.3) is 22.3 Å². The average Bonchev–Trinajstić information content (AvgIpc) is 2.14. The summed E-state index contributed by atoms with van der Waals surface area (Å²) in [5.41, 5.74) is 0.691. The lowest BCUT2D eigenvalue weighted by Crippen LogP contribution is -2.38. The minimum Gasteiger partial charge on any atom is -0.460 e. The van der Waals surface area contributed by atoms with Crippen molar-refractivity contribution in [2.45, 2.75) is 90.6 Å². The number of halogens is 1. The first-order valence-electron chi connectivity index (χ1n) is 26.8. The Balaban J connectivity index is 0.000000238. The fourth-order valence-electron chi connectivity index (χ4n) is 8.04. The number of benzene rings is 2. The van der Waals surface area contributed by atoms with Gasteiger partial charge in [-0.3, -0.25) is 58.5 Å². The molecule has 7 aromatic rings. The number of hydrogen-bond acceptors (Lipinski definition) is 22. The zero-order valence-electron chi connectivity index (χ0n) is 47.1. The molecule has 9 rings (SSSR count). The highest BCUT2D eigenvalue weighted by molar-refractivity contribution is 14.1. The molecule has 452 valence electrons. The lowest BCUT2D eigenvalue weighted by molar-refractivity contribution is -0.144. The number of imidazole rings is 3. The number of fused-ring (bicyclic) bond motifs is 2. The molecule has 2 fully saturated rings. The van der Waals surface area contributed by atoms with Gasteiger partial charge in [0.25, 0.3) is 11.1 Å². The molecule has 2 aliphatic heterocycles. The van der Waals surface area contributed by atoms with Crippen LogP contribution in [0.4, 0.5) is 26.3 Å². The summed E-state index contributed by atoms with van der Waals surface area (Å²) in [7, 11) is 0. The van der Waals surface area contributed by atoms with E-state index < -0.39 is 97.9 Å². The summed E-state index contributed by atoms with van der Waals surface area (Å²) in [4.78, 5) is 137. The fraction of sp³-hybridized carbons (Fsp3) is 0.396. The number of nitrogens with one attached hydrogen (secondary N) is 6. The molecular formula is C53H61IN14O17. The van der Waals surface area contributed by atoms with Crippen molar-refractivity contribution in [2.75, 3.05) is 41.8 Å². The van der Waals surface area contributed by atoms with E-state index in [0.717, 1.165) is 15.7 Å². The summed E-state index contributed by atoms with van der Waals surface area (Å²) in [5.74, 6) is -2.85. The van der Waals surface area contributed by atoms with Crippen LogP contribution in [0.1, 0.15) is 65.5 Å². The molecule has 32 heteroatoms. The van der Waals surface area contributed by atoms with Crippen LogP contribution >= 0.6 is 22.6 Å². The predicted molar refractivity (Wildman–Crippen MR) is 305 cm³/mol. The Morgan fingerprint density at radius 3 is 1.56 bits per heavy atom. The number of hydrogen-bond donors (Lipinski definition) is 7. The molecule has 2 saturated heterocycles. The summed E-state index contributed by atoms with van der Waals surface area (Å²) in [6.07, 6.45) is -1.04. The van der Waals surface area contributed by atoms with Gasteiger partial charge < -0.3 is 48.9 Å². The zero-order chi connectivity index (χ0) is 61.9. The lowest BCUT2D eigenvalue weighted by Gasteiger charge is -2.19. The maximum atomic E-state index is 12.7. The number of H-pyrrole nitrogens is 2. The molecule has 85 heavy (non-hydrogen) atoms. The highest BCUT2D eigenvalue weighted by atomic mass is 127. The van der Waals surface area contributed by atoms with Crippen LogP contribution in [0.2, 0.25) is 0 Å². The van der Waals surface area contributed by atoms with Crippen LogP contribution in [-0.4, -0.2) is 151 Å². The molecule has 6 atom stereocenters. The summed E-state index contributed by atoms with van der Waals surface area (Å²) in [5, 5.41) is 19.5. The number of anilines is 2. The number of ether oxygens (including phenoxy) is 7. The number of aromatic nitrogens is 10. The van der Waals surface area contributed by atoms with Crippen molar-refractivity contribution in [3.05, 3.63) is 124 Å². The van der Waals surface area contributed by atoms with Crippen LogP contribution in [0.5, 0.6) is 0 Å². The summed E-state index contributed by atoms with van der Waals surface area (Å²) in [6, 6.07) is 18.1. The minimum atomic E-state index is -0.967. The van der Waals surface area contributed by atoms with Gasteiger partial charge in [-0.25, -0.2) is 33.9 Å². The number of nitrogens with zero attached hydrogens (tertiary/aromatic N) is 8. The number of amides is 4. The van der Waals surface area contributed by atoms with E-state index in [4.69, 9.17) is 34.5 Å². The van der Waals surface area contributed by atoms with E-state index in [1.807, 2.05) is 59.0 Å². The monoisotopic (exact) mass is 1290 g/mol. The molecule has 2 aliphatic rings. The molecule has 0 radical (unpaired) electrons. The van der Waals surface area contributed by atoms with Gasteiger partial charge in [0.1, 0.15) is 76.1 Å². The number of alkyl halides is 1. The fourth-order valence-corrected chi connectivity index (χ4v) is 8.04. The third-order valence-electron chi connectivity index (χ3n) is 12.4. The summed E-state index contributed by atoms with van der Waals surface area (Å²) >= 11 is 1.96. The van der Waals surface area contributed by atoms with E-state index in [2.05, 4.69) is 56.2 Å².